The molecular weight excluding hydrogens is 348 g/mol. The minimum atomic E-state index is -0.0669. The summed E-state index contributed by atoms with van der Waals surface area (Å²) in [6.45, 7) is 9.87. The summed E-state index contributed by atoms with van der Waals surface area (Å²) in [7, 11) is 0. The van der Waals surface area contributed by atoms with E-state index < -0.39 is 0 Å². The third-order valence-corrected chi connectivity index (χ3v) is 4.95. The molecule has 0 saturated heterocycles. The molecule has 0 unspecified atom stereocenters. The van der Waals surface area contributed by atoms with Crippen LogP contribution in [0.15, 0.2) is 16.9 Å². The van der Waals surface area contributed by atoms with Crippen LogP contribution < -0.4 is 15.0 Å². The number of ether oxygens (including phenoxy) is 2. The summed E-state index contributed by atoms with van der Waals surface area (Å²) in [5.74, 6) is 1.67. The van der Waals surface area contributed by atoms with E-state index in [-0.39, 0.29) is 5.56 Å². The van der Waals surface area contributed by atoms with Crippen LogP contribution in [0.3, 0.4) is 0 Å². The van der Waals surface area contributed by atoms with E-state index in [9.17, 15) is 4.79 Å². The Bertz CT molecular complexity index is 841. The highest BCUT2D eigenvalue weighted by Crippen LogP contribution is 2.31. The number of nitrogens with zero attached hydrogens (tertiary/aromatic N) is 1. The Hall–Kier alpha value is -1.82. The fourth-order valence-electron chi connectivity index (χ4n) is 3.14. The maximum absolute atomic E-state index is 13.1. The Kier molecular flexibility index (Phi) is 7.69. The first-order chi connectivity index (χ1) is 12.5. The van der Waals surface area contributed by atoms with E-state index in [0.717, 1.165) is 19.3 Å². The minimum Gasteiger partial charge on any atom is -0.490 e. The van der Waals surface area contributed by atoms with Crippen LogP contribution in [-0.2, 0) is 6.54 Å². The highest BCUT2D eigenvalue weighted by Gasteiger charge is 2.15. The van der Waals surface area contributed by atoms with Crippen LogP contribution in [0.4, 0.5) is 0 Å². The normalized spacial score (nSPS) is 12.3. The van der Waals surface area contributed by atoms with Crippen molar-refractivity contribution in [1.29, 1.82) is 0 Å². The van der Waals surface area contributed by atoms with E-state index in [0.29, 0.717) is 52.8 Å². The molecule has 0 aliphatic carbocycles. The molecule has 1 N–H and O–H groups in total. The van der Waals surface area contributed by atoms with Gasteiger partial charge in [0.1, 0.15) is 0 Å². The van der Waals surface area contributed by atoms with Gasteiger partial charge in [-0.25, -0.2) is 0 Å². The third-order valence-electron chi connectivity index (χ3n) is 4.63. The van der Waals surface area contributed by atoms with E-state index in [1.165, 1.54) is 6.42 Å². The van der Waals surface area contributed by atoms with E-state index in [2.05, 4.69) is 18.8 Å². The molecule has 0 amide bonds. The fraction of sp³-hybridized carbons (Fsp3) is 0.600. The average Bonchev–Trinajstić information content (AvgIpc) is 2.62. The monoisotopic (exact) mass is 378 g/mol. The lowest BCUT2D eigenvalue weighted by Crippen LogP contribution is -2.26. The lowest BCUT2D eigenvalue weighted by atomic mass is 9.99. The number of aromatic amines is 1. The highest BCUT2D eigenvalue weighted by atomic mass is 32.1. The number of unbranched alkanes of at least 4 members (excludes halogenated alkanes) is 1. The first-order valence-corrected chi connectivity index (χ1v) is 10.0. The molecule has 2 rings (SSSR count). The fourth-order valence-corrected chi connectivity index (χ4v) is 3.41. The molecule has 0 fully saturated rings. The predicted octanol–water partition coefficient (Wildman–Crippen LogP) is 5.07. The van der Waals surface area contributed by atoms with Gasteiger partial charge in [-0.2, -0.15) is 0 Å². The zero-order valence-electron chi connectivity index (χ0n) is 16.3. The molecular formula is C20H30N2O3S. The third kappa shape index (κ3) is 4.67. The maximum atomic E-state index is 13.1. The van der Waals surface area contributed by atoms with Gasteiger partial charge in [0, 0.05) is 12.6 Å². The van der Waals surface area contributed by atoms with Gasteiger partial charge in [-0.15, -0.1) is 0 Å². The van der Waals surface area contributed by atoms with Gasteiger partial charge in [0.25, 0.3) is 5.56 Å². The average molecular weight is 379 g/mol. The van der Waals surface area contributed by atoms with Gasteiger partial charge in [0.2, 0.25) is 0 Å². The number of hydrogen-bond acceptors (Lipinski definition) is 4. The quantitative estimate of drug-likeness (QED) is 0.586. The van der Waals surface area contributed by atoms with Crippen LogP contribution in [0.25, 0.3) is 10.9 Å². The zero-order chi connectivity index (χ0) is 19.1. The summed E-state index contributed by atoms with van der Waals surface area (Å²) in [5.41, 5.74) is 0.618. The Morgan fingerprint density at radius 1 is 1.12 bits per heavy atom. The van der Waals surface area contributed by atoms with Gasteiger partial charge in [-0.1, -0.05) is 33.1 Å². The number of hydrogen-bond donors (Lipinski definition) is 1. The summed E-state index contributed by atoms with van der Waals surface area (Å²) >= 11 is 5.47. The lowest BCUT2D eigenvalue weighted by molar-refractivity contribution is 0.288. The van der Waals surface area contributed by atoms with Gasteiger partial charge in [-0.3, -0.25) is 9.36 Å². The van der Waals surface area contributed by atoms with Gasteiger partial charge in [-0.05, 0) is 44.5 Å². The first kappa shape index (κ1) is 20.5. The van der Waals surface area contributed by atoms with Gasteiger partial charge in [0.05, 0.1) is 24.1 Å². The molecule has 5 nitrogen and oxygen atoms in total. The van der Waals surface area contributed by atoms with Crippen LogP contribution in [0.2, 0.25) is 0 Å². The smallest absolute Gasteiger partial charge is 0.262 e. The van der Waals surface area contributed by atoms with E-state index in [1.54, 1.807) is 16.7 Å². The van der Waals surface area contributed by atoms with Crippen LogP contribution >= 0.6 is 12.2 Å². The van der Waals surface area contributed by atoms with Crippen molar-refractivity contribution in [3.05, 3.63) is 27.3 Å². The maximum Gasteiger partial charge on any atom is 0.262 e. The van der Waals surface area contributed by atoms with Crippen molar-refractivity contribution in [3.8, 4) is 11.5 Å². The molecule has 0 bridgehead atoms. The second kappa shape index (κ2) is 9.76. The van der Waals surface area contributed by atoms with Crippen molar-refractivity contribution in [3.63, 3.8) is 0 Å². The molecule has 0 aliphatic heterocycles. The molecule has 144 valence electrons. The minimum absolute atomic E-state index is 0.0669. The summed E-state index contributed by atoms with van der Waals surface area (Å²) < 4.78 is 13.5. The molecule has 0 saturated carbocycles. The summed E-state index contributed by atoms with van der Waals surface area (Å²) in [6, 6.07) is 3.57. The Balaban J connectivity index is 2.52. The molecule has 0 aliphatic rings. The molecule has 0 spiro atoms. The van der Waals surface area contributed by atoms with Crippen molar-refractivity contribution >= 4 is 23.1 Å². The molecule has 1 heterocycles. The van der Waals surface area contributed by atoms with Crippen LogP contribution in [0, 0.1) is 10.7 Å². The molecule has 1 aromatic heterocycles. The number of benzene rings is 1. The van der Waals surface area contributed by atoms with Crippen molar-refractivity contribution in [2.45, 2.75) is 59.9 Å². The number of H-pyrrole nitrogens is 1. The summed E-state index contributed by atoms with van der Waals surface area (Å²) in [6.07, 6.45) is 4.48. The van der Waals surface area contributed by atoms with Crippen molar-refractivity contribution in [2.24, 2.45) is 5.92 Å². The molecule has 0 radical (unpaired) electrons. The zero-order valence-corrected chi connectivity index (χ0v) is 17.1. The second-order valence-corrected chi connectivity index (χ2v) is 6.86. The molecule has 6 heteroatoms. The molecule has 26 heavy (non-hydrogen) atoms. The van der Waals surface area contributed by atoms with Crippen LogP contribution in [0.5, 0.6) is 11.5 Å². The summed E-state index contributed by atoms with van der Waals surface area (Å²) in [5, 5.41) is 0.579. The van der Waals surface area contributed by atoms with Crippen molar-refractivity contribution in [2.75, 3.05) is 13.2 Å². The number of rotatable bonds is 10. The lowest BCUT2D eigenvalue weighted by Gasteiger charge is -2.17. The molecule has 1 atom stereocenters. The largest absolute Gasteiger partial charge is 0.490 e. The topological polar surface area (TPSA) is 56.2 Å². The predicted molar refractivity (Wildman–Crippen MR) is 109 cm³/mol. The SMILES string of the molecule is CCCC[C@H](CC)Cn1c(=S)[nH]c2cc(OCC)c(OCC)cc2c1=O. The van der Waals surface area contributed by atoms with Crippen molar-refractivity contribution < 1.29 is 9.47 Å². The number of aromatic nitrogens is 2. The second-order valence-electron chi connectivity index (χ2n) is 6.47. The van der Waals surface area contributed by atoms with Crippen LogP contribution in [0.1, 0.15) is 53.4 Å². The van der Waals surface area contributed by atoms with E-state index in [1.807, 2.05) is 13.8 Å². The highest BCUT2D eigenvalue weighted by molar-refractivity contribution is 7.71. The molecule has 1 aromatic carbocycles. The van der Waals surface area contributed by atoms with Gasteiger partial charge < -0.3 is 14.5 Å². The Morgan fingerprint density at radius 2 is 1.77 bits per heavy atom. The Morgan fingerprint density at radius 3 is 2.35 bits per heavy atom. The van der Waals surface area contributed by atoms with Crippen LogP contribution in [-0.4, -0.2) is 22.8 Å². The number of fused-ring (bicyclic) bond motifs is 1. The van der Waals surface area contributed by atoms with E-state index >= 15 is 0 Å². The Labute approximate surface area is 160 Å². The standard InChI is InChI=1S/C20H30N2O3S/c1-5-9-10-14(6-2)13-22-19(23)15-11-17(24-7-3)18(25-8-4)12-16(15)21-20(22)26/h11-12,14H,5-10,13H2,1-4H3,(H,21,26)/t14-/m0/s1. The van der Waals surface area contributed by atoms with E-state index in [4.69, 9.17) is 21.7 Å². The summed E-state index contributed by atoms with van der Waals surface area (Å²) in [4.78, 5) is 16.3. The van der Waals surface area contributed by atoms with Gasteiger partial charge in [0.15, 0.2) is 16.3 Å². The van der Waals surface area contributed by atoms with Gasteiger partial charge >= 0.3 is 0 Å². The first-order valence-electron chi connectivity index (χ1n) is 9.62. The number of nitrogens with one attached hydrogen (secondary N) is 1. The van der Waals surface area contributed by atoms with Crippen molar-refractivity contribution in [1.82, 2.24) is 9.55 Å². The molecule has 2 aromatic rings.